The van der Waals surface area contributed by atoms with Crippen molar-refractivity contribution in [3.63, 3.8) is 0 Å². The predicted octanol–water partition coefficient (Wildman–Crippen LogP) is 3.61. The van der Waals surface area contributed by atoms with Crippen LogP contribution in [0.5, 0.6) is 5.75 Å². The van der Waals surface area contributed by atoms with E-state index in [1.54, 1.807) is 0 Å². The molecular weight excluding hydrogens is 248 g/mol. The molecule has 0 aliphatic rings. The standard InChI is InChI=1S/C17H24N2O/c1-3-4-10-20-15-7-8-17-16(12-15)14(6-5-9-18)11-13(2)19-17/h7-8,11-12H,3-6,9-10,18H2,1-2H3. The second-order valence-corrected chi connectivity index (χ2v) is 5.20. The molecule has 0 saturated heterocycles. The second kappa shape index (κ2) is 7.25. The van der Waals surface area contributed by atoms with Crippen molar-refractivity contribution in [2.75, 3.05) is 13.2 Å². The fourth-order valence-electron chi connectivity index (χ4n) is 2.35. The molecule has 2 rings (SSSR count). The third kappa shape index (κ3) is 3.70. The van der Waals surface area contributed by atoms with E-state index in [-0.39, 0.29) is 0 Å². The van der Waals surface area contributed by atoms with E-state index in [2.05, 4.69) is 30.1 Å². The molecule has 3 heteroatoms. The highest BCUT2D eigenvalue weighted by atomic mass is 16.5. The lowest BCUT2D eigenvalue weighted by molar-refractivity contribution is 0.310. The molecule has 0 aliphatic heterocycles. The molecule has 0 radical (unpaired) electrons. The van der Waals surface area contributed by atoms with Crippen LogP contribution in [0.3, 0.4) is 0 Å². The van der Waals surface area contributed by atoms with Gasteiger partial charge in [-0.25, -0.2) is 0 Å². The molecule has 0 saturated carbocycles. The zero-order valence-corrected chi connectivity index (χ0v) is 12.5. The third-order valence-electron chi connectivity index (χ3n) is 3.41. The third-order valence-corrected chi connectivity index (χ3v) is 3.41. The van der Waals surface area contributed by atoms with Gasteiger partial charge in [0.15, 0.2) is 0 Å². The van der Waals surface area contributed by atoms with E-state index in [9.17, 15) is 0 Å². The molecule has 3 nitrogen and oxygen atoms in total. The minimum absolute atomic E-state index is 0.718. The van der Waals surface area contributed by atoms with Crippen LogP contribution in [0.25, 0.3) is 10.9 Å². The van der Waals surface area contributed by atoms with Gasteiger partial charge in [0.05, 0.1) is 12.1 Å². The molecule has 108 valence electrons. The highest BCUT2D eigenvalue weighted by Gasteiger charge is 2.06. The number of fused-ring (bicyclic) bond motifs is 1. The van der Waals surface area contributed by atoms with Crippen molar-refractivity contribution in [3.05, 3.63) is 35.5 Å². The molecule has 0 spiro atoms. The summed E-state index contributed by atoms with van der Waals surface area (Å²) in [6.07, 6.45) is 4.23. The van der Waals surface area contributed by atoms with Gasteiger partial charge in [0, 0.05) is 11.1 Å². The Labute approximate surface area is 121 Å². The van der Waals surface area contributed by atoms with E-state index in [1.807, 2.05) is 13.0 Å². The number of aromatic nitrogens is 1. The van der Waals surface area contributed by atoms with Crippen LogP contribution in [0.15, 0.2) is 24.3 Å². The predicted molar refractivity (Wildman–Crippen MR) is 84.3 cm³/mol. The number of nitrogens with two attached hydrogens (primary N) is 1. The number of nitrogens with zero attached hydrogens (tertiary/aromatic N) is 1. The maximum atomic E-state index is 5.79. The number of hydrogen-bond donors (Lipinski definition) is 1. The highest BCUT2D eigenvalue weighted by molar-refractivity contribution is 5.84. The molecule has 0 amide bonds. The first-order valence-electron chi connectivity index (χ1n) is 7.47. The first-order chi connectivity index (χ1) is 9.74. The van der Waals surface area contributed by atoms with E-state index >= 15 is 0 Å². The Bertz CT molecular complexity index is 566. The fourth-order valence-corrected chi connectivity index (χ4v) is 2.35. The van der Waals surface area contributed by atoms with Crippen LogP contribution in [0.1, 0.15) is 37.4 Å². The van der Waals surface area contributed by atoms with Crippen molar-refractivity contribution < 1.29 is 4.74 Å². The van der Waals surface area contributed by atoms with Gasteiger partial charge in [-0.15, -0.1) is 0 Å². The van der Waals surface area contributed by atoms with Crippen molar-refractivity contribution in [2.45, 2.75) is 39.5 Å². The number of pyridine rings is 1. The summed E-state index contributed by atoms with van der Waals surface area (Å²) in [5.74, 6) is 0.936. The number of unbranched alkanes of at least 4 members (excludes halogenated alkanes) is 1. The van der Waals surface area contributed by atoms with E-state index in [1.165, 1.54) is 10.9 Å². The largest absolute Gasteiger partial charge is 0.494 e. The van der Waals surface area contributed by atoms with Crippen LogP contribution in [-0.4, -0.2) is 18.1 Å². The highest BCUT2D eigenvalue weighted by Crippen LogP contribution is 2.24. The SMILES string of the molecule is CCCCOc1ccc2nc(C)cc(CCCN)c2c1. The Kier molecular flexibility index (Phi) is 5.36. The van der Waals surface area contributed by atoms with Crippen LogP contribution in [0.2, 0.25) is 0 Å². The van der Waals surface area contributed by atoms with Gasteiger partial charge in [-0.2, -0.15) is 0 Å². The summed E-state index contributed by atoms with van der Waals surface area (Å²) in [6.45, 7) is 5.70. The van der Waals surface area contributed by atoms with Crippen molar-refractivity contribution in [2.24, 2.45) is 5.73 Å². The van der Waals surface area contributed by atoms with Crippen LogP contribution in [0, 0.1) is 6.92 Å². The number of hydrogen-bond acceptors (Lipinski definition) is 3. The van der Waals surface area contributed by atoms with E-state index < -0.39 is 0 Å². The Morgan fingerprint density at radius 2 is 2.05 bits per heavy atom. The zero-order chi connectivity index (χ0) is 14.4. The molecule has 20 heavy (non-hydrogen) atoms. The molecule has 1 heterocycles. The average Bonchev–Trinajstić information content (AvgIpc) is 2.45. The monoisotopic (exact) mass is 272 g/mol. The van der Waals surface area contributed by atoms with Crippen molar-refractivity contribution in [1.82, 2.24) is 4.98 Å². The molecule has 0 bridgehead atoms. The topological polar surface area (TPSA) is 48.1 Å². The molecule has 0 unspecified atom stereocenters. The van der Waals surface area contributed by atoms with Gasteiger partial charge in [-0.3, -0.25) is 4.98 Å². The van der Waals surface area contributed by atoms with Gasteiger partial charge in [0.2, 0.25) is 0 Å². The van der Waals surface area contributed by atoms with E-state index in [4.69, 9.17) is 10.5 Å². The average molecular weight is 272 g/mol. The zero-order valence-electron chi connectivity index (χ0n) is 12.5. The van der Waals surface area contributed by atoms with Crippen LogP contribution in [0.4, 0.5) is 0 Å². The van der Waals surface area contributed by atoms with Crippen LogP contribution >= 0.6 is 0 Å². The Balaban J connectivity index is 2.30. The summed E-state index contributed by atoms with van der Waals surface area (Å²) in [6, 6.07) is 8.34. The summed E-state index contributed by atoms with van der Waals surface area (Å²) < 4.78 is 5.79. The smallest absolute Gasteiger partial charge is 0.120 e. The van der Waals surface area contributed by atoms with Crippen molar-refractivity contribution >= 4 is 10.9 Å². The maximum absolute atomic E-state index is 5.79. The van der Waals surface area contributed by atoms with Crippen LogP contribution in [-0.2, 0) is 6.42 Å². The molecule has 0 aliphatic carbocycles. The minimum atomic E-state index is 0.718. The molecule has 1 aromatic heterocycles. The minimum Gasteiger partial charge on any atom is -0.494 e. The Hall–Kier alpha value is -1.61. The van der Waals surface area contributed by atoms with Crippen molar-refractivity contribution in [1.29, 1.82) is 0 Å². The quantitative estimate of drug-likeness (QED) is 0.783. The first-order valence-corrected chi connectivity index (χ1v) is 7.47. The van der Waals surface area contributed by atoms with Gasteiger partial charge in [0.1, 0.15) is 5.75 Å². The Morgan fingerprint density at radius 3 is 2.80 bits per heavy atom. The Morgan fingerprint density at radius 1 is 1.20 bits per heavy atom. The first kappa shape index (κ1) is 14.8. The van der Waals surface area contributed by atoms with Crippen LogP contribution < -0.4 is 10.5 Å². The van der Waals surface area contributed by atoms with Gasteiger partial charge in [-0.1, -0.05) is 13.3 Å². The van der Waals surface area contributed by atoms with Gasteiger partial charge in [0.25, 0.3) is 0 Å². The molecule has 0 atom stereocenters. The molecular formula is C17H24N2O. The van der Waals surface area contributed by atoms with Gasteiger partial charge >= 0.3 is 0 Å². The number of aryl methyl sites for hydroxylation is 2. The fraction of sp³-hybridized carbons (Fsp3) is 0.471. The lowest BCUT2D eigenvalue weighted by Crippen LogP contribution is -2.02. The molecule has 2 N–H and O–H groups in total. The van der Waals surface area contributed by atoms with E-state index in [0.717, 1.165) is 55.8 Å². The lowest BCUT2D eigenvalue weighted by atomic mass is 10.0. The van der Waals surface area contributed by atoms with Crippen molar-refractivity contribution in [3.8, 4) is 5.75 Å². The molecule has 0 fully saturated rings. The summed E-state index contributed by atoms with van der Waals surface area (Å²) in [5.41, 5.74) is 9.05. The molecule has 2 aromatic rings. The normalized spacial score (nSPS) is 10.9. The summed E-state index contributed by atoms with van der Waals surface area (Å²) >= 11 is 0. The number of ether oxygens (including phenoxy) is 1. The maximum Gasteiger partial charge on any atom is 0.120 e. The summed E-state index contributed by atoms with van der Waals surface area (Å²) in [7, 11) is 0. The number of rotatable bonds is 7. The van der Waals surface area contributed by atoms with Gasteiger partial charge < -0.3 is 10.5 Å². The summed E-state index contributed by atoms with van der Waals surface area (Å²) in [4.78, 5) is 4.60. The second-order valence-electron chi connectivity index (χ2n) is 5.20. The number of benzene rings is 1. The molecule has 1 aromatic carbocycles. The van der Waals surface area contributed by atoms with E-state index in [0.29, 0.717) is 0 Å². The summed E-state index contributed by atoms with van der Waals surface area (Å²) in [5, 5.41) is 1.19. The van der Waals surface area contributed by atoms with Gasteiger partial charge in [-0.05, 0) is 62.6 Å². The lowest BCUT2D eigenvalue weighted by Gasteiger charge is -2.10.